The van der Waals surface area contributed by atoms with E-state index in [4.69, 9.17) is 0 Å². The van der Waals surface area contributed by atoms with Crippen LogP contribution in [0.25, 0.3) is 0 Å². The number of carbonyl (C=O) groups is 1. The molecule has 1 unspecified atom stereocenters. The van der Waals surface area contributed by atoms with Crippen molar-refractivity contribution < 1.29 is 4.79 Å². The summed E-state index contributed by atoms with van der Waals surface area (Å²) in [7, 11) is 0. The number of nitrogens with one attached hydrogen (secondary N) is 1. The zero-order valence-corrected chi connectivity index (χ0v) is 12.7. The van der Waals surface area contributed by atoms with Crippen LogP contribution >= 0.6 is 11.3 Å². The molecule has 1 aromatic rings. The smallest absolute Gasteiger partial charge is 0.226 e. The van der Waals surface area contributed by atoms with Crippen LogP contribution < -0.4 is 5.32 Å². The first kappa shape index (κ1) is 15.1. The van der Waals surface area contributed by atoms with Gasteiger partial charge in [0, 0.05) is 11.8 Å². The molecule has 0 aliphatic carbocycles. The van der Waals surface area contributed by atoms with E-state index in [1.807, 2.05) is 0 Å². The van der Waals surface area contributed by atoms with E-state index >= 15 is 0 Å². The van der Waals surface area contributed by atoms with E-state index in [1.54, 1.807) is 0 Å². The highest BCUT2D eigenvalue weighted by atomic mass is 32.1. The van der Waals surface area contributed by atoms with Crippen LogP contribution in [-0.4, -0.2) is 16.1 Å². The quantitative estimate of drug-likeness (QED) is 0.888. The number of rotatable bonds is 5. The first-order valence-corrected chi connectivity index (χ1v) is 7.28. The lowest BCUT2D eigenvalue weighted by Crippen LogP contribution is -2.14. The zero-order valence-electron chi connectivity index (χ0n) is 11.9. The topological polar surface area (TPSA) is 54.9 Å². The van der Waals surface area contributed by atoms with E-state index in [0.29, 0.717) is 17.5 Å². The third-order valence-corrected chi connectivity index (χ3v) is 3.89. The number of carbonyl (C=O) groups excluding carboxylic acids is 1. The number of nitrogens with zero attached hydrogens (tertiary/aromatic N) is 2. The molecule has 102 valence electrons. The van der Waals surface area contributed by atoms with E-state index in [1.165, 1.54) is 11.3 Å². The van der Waals surface area contributed by atoms with Crippen molar-refractivity contribution >= 4 is 22.4 Å². The Morgan fingerprint density at radius 2 is 2.06 bits per heavy atom. The highest BCUT2D eigenvalue weighted by Gasteiger charge is 2.20. The minimum Gasteiger partial charge on any atom is -0.301 e. The van der Waals surface area contributed by atoms with Crippen LogP contribution in [0.2, 0.25) is 0 Å². The monoisotopic (exact) mass is 269 g/mol. The van der Waals surface area contributed by atoms with Gasteiger partial charge in [-0.1, -0.05) is 58.8 Å². The summed E-state index contributed by atoms with van der Waals surface area (Å²) >= 11 is 1.45. The molecule has 0 bridgehead atoms. The van der Waals surface area contributed by atoms with Gasteiger partial charge in [-0.25, -0.2) is 0 Å². The summed E-state index contributed by atoms with van der Waals surface area (Å²) in [5, 5.41) is 12.5. The average molecular weight is 269 g/mol. The predicted molar refractivity (Wildman–Crippen MR) is 75.9 cm³/mol. The summed E-state index contributed by atoms with van der Waals surface area (Å²) in [5.41, 5.74) is -0.0177. The number of amides is 1. The summed E-state index contributed by atoms with van der Waals surface area (Å²) in [6, 6.07) is 0. The highest BCUT2D eigenvalue weighted by molar-refractivity contribution is 7.15. The molecule has 0 saturated heterocycles. The third-order valence-electron chi connectivity index (χ3n) is 2.63. The molecule has 5 heteroatoms. The second kappa shape index (κ2) is 6.27. The van der Waals surface area contributed by atoms with Crippen LogP contribution in [0, 0.1) is 5.92 Å². The maximum absolute atomic E-state index is 11.8. The SMILES string of the molecule is CCCC(C)CC(=O)Nc1nnc(C(C)(C)C)s1. The maximum Gasteiger partial charge on any atom is 0.226 e. The number of hydrogen-bond acceptors (Lipinski definition) is 4. The fraction of sp³-hybridized carbons (Fsp3) is 0.769. The minimum absolute atomic E-state index is 0.0177. The van der Waals surface area contributed by atoms with Crippen molar-refractivity contribution in [1.82, 2.24) is 10.2 Å². The van der Waals surface area contributed by atoms with Crippen molar-refractivity contribution in [2.24, 2.45) is 5.92 Å². The molecule has 4 nitrogen and oxygen atoms in total. The van der Waals surface area contributed by atoms with Gasteiger partial charge in [0.15, 0.2) is 0 Å². The van der Waals surface area contributed by atoms with Gasteiger partial charge in [0.25, 0.3) is 0 Å². The Balaban J connectivity index is 2.52. The van der Waals surface area contributed by atoms with Crippen LogP contribution in [0.3, 0.4) is 0 Å². The van der Waals surface area contributed by atoms with Crippen molar-refractivity contribution in [3.05, 3.63) is 5.01 Å². The molecule has 0 aromatic carbocycles. The van der Waals surface area contributed by atoms with Gasteiger partial charge >= 0.3 is 0 Å². The van der Waals surface area contributed by atoms with Crippen molar-refractivity contribution in [2.75, 3.05) is 5.32 Å². The maximum atomic E-state index is 11.8. The van der Waals surface area contributed by atoms with Crippen molar-refractivity contribution in [1.29, 1.82) is 0 Å². The Labute approximate surface area is 113 Å². The molecule has 0 aliphatic rings. The largest absolute Gasteiger partial charge is 0.301 e. The van der Waals surface area contributed by atoms with Gasteiger partial charge in [-0.2, -0.15) is 0 Å². The van der Waals surface area contributed by atoms with E-state index in [9.17, 15) is 4.79 Å². The molecule has 1 N–H and O–H groups in total. The number of aromatic nitrogens is 2. The first-order valence-electron chi connectivity index (χ1n) is 6.46. The summed E-state index contributed by atoms with van der Waals surface area (Å²) in [4.78, 5) is 11.8. The summed E-state index contributed by atoms with van der Waals surface area (Å²) in [5.74, 6) is 0.456. The fourth-order valence-electron chi connectivity index (χ4n) is 1.66. The van der Waals surface area contributed by atoms with Gasteiger partial charge in [0.2, 0.25) is 11.0 Å². The average Bonchev–Trinajstić information content (AvgIpc) is 2.65. The lowest BCUT2D eigenvalue weighted by Gasteiger charge is -2.12. The van der Waals surface area contributed by atoms with Gasteiger partial charge in [0.1, 0.15) is 5.01 Å². The molecule has 18 heavy (non-hydrogen) atoms. The fourth-order valence-corrected chi connectivity index (χ4v) is 2.48. The molecule has 1 amide bonds. The van der Waals surface area contributed by atoms with Gasteiger partial charge in [-0.15, -0.1) is 10.2 Å². The van der Waals surface area contributed by atoms with Gasteiger partial charge in [-0.3, -0.25) is 4.79 Å². The highest BCUT2D eigenvalue weighted by Crippen LogP contribution is 2.27. The molecular formula is C13H23N3OS. The van der Waals surface area contributed by atoms with Crippen LogP contribution in [0.1, 0.15) is 58.9 Å². The van der Waals surface area contributed by atoms with Crippen LogP contribution in [-0.2, 0) is 10.2 Å². The summed E-state index contributed by atoms with van der Waals surface area (Å²) < 4.78 is 0. The normalized spacial score (nSPS) is 13.4. The second-order valence-electron chi connectivity index (χ2n) is 5.81. The molecule has 1 aromatic heterocycles. The summed E-state index contributed by atoms with van der Waals surface area (Å²) in [6.45, 7) is 10.5. The molecule has 0 aliphatic heterocycles. The van der Waals surface area contributed by atoms with Crippen molar-refractivity contribution in [3.63, 3.8) is 0 Å². The molecule has 0 fully saturated rings. The molecule has 0 radical (unpaired) electrons. The first-order chi connectivity index (χ1) is 8.32. The Morgan fingerprint density at radius 3 is 2.56 bits per heavy atom. The second-order valence-corrected chi connectivity index (χ2v) is 6.79. The molecule has 0 spiro atoms. The summed E-state index contributed by atoms with van der Waals surface area (Å²) in [6.07, 6.45) is 2.75. The van der Waals surface area contributed by atoms with Crippen molar-refractivity contribution in [3.8, 4) is 0 Å². The van der Waals surface area contributed by atoms with E-state index < -0.39 is 0 Å². The molecule has 1 atom stereocenters. The molecule has 0 saturated carbocycles. The van der Waals surface area contributed by atoms with Crippen LogP contribution in [0.15, 0.2) is 0 Å². The van der Waals surface area contributed by atoms with Crippen LogP contribution in [0.4, 0.5) is 5.13 Å². The third kappa shape index (κ3) is 4.72. The van der Waals surface area contributed by atoms with Gasteiger partial charge in [0.05, 0.1) is 0 Å². The zero-order chi connectivity index (χ0) is 13.8. The standard InChI is InChI=1S/C13H23N3OS/c1-6-7-9(2)8-10(17)14-12-16-15-11(18-12)13(3,4)5/h9H,6-8H2,1-5H3,(H,14,16,17). The van der Waals surface area contributed by atoms with E-state index in [-0.39, 0.29) is 11.3 Å². The predicted octanol–water partition coefficient (Wildman–Crippen LogP) is 3.60. The Morgan fingerprint density at radius 1 is 1.39 bits per heavy atom. The van der Waals surface area contributed by atoms with Gasteiger partial charge < -0.3 is 5.32 Å². The Hall–Kier alpha value is -0.970. The van der Waals surface area contributed by atoms with Crippen LogP contribution in [0.5, 0.6) is 0 Å². The Kier molecular flexibility index (Phi) is 5.26. The minimum atomic E-state index is -0.0177. The van der Waals surface area contributed by atoms with E-state index in [0.717, 1.165) is 17.8 Å². The van der Waals surface area contributed by atoms with Crippen molar-refractivity contribution in [2.45, 2.75) is 59.3 Å². The molecule has 1 heterocycles. The Bertz CT molecular complexity index is 395. The molecular weight excluding hydrogens is 246 g/mol. The lowest BCUT2D eigenvalue weighted by atomic mass is 9.98. The number of anilines is 1. The number of hydrogen-bond donors (Lipinski definition) is 1. The van der Waals surface area contributed by atoms with E-state index in [2.05, 4.69) is 50.1 Å². The van der Waals surface area contributed by atoms with Gasteiger partial charge in [-0.05, 0) is 5.92 Å². The molecule has 1 rings (SSSR count). The lowest BCUT2D eigenvalue weighted by molar-refractivity contribution is -0.117.